The molecule has 27 heavy (non-hydrogen) atoms. The van der Waals surface area contributed by atoms with Crippen LogP contribution in [0.3, 0.4) is 0 Å². The summed E-state index contributed by atoms with van der Waals surface area (Å²) in [5, 5.41) is 8.97. The van der Waals surface area contributed by atoms with E-state index < -0.39 is 11.9 Å². The van der Waals surface area contributed by atoms with Crippen molar-refractivity contribution in [2.75, 3.05) is 18.1 Å². The molecule has 140 valence electrons. The molecule has 0 unspecified atom stereocenters. The number of carbonyl (C=O) groups excluding carboxylic acids is 2. The molecule has 0 aliphatic rings. The lowest BCUT2D eigenvalue weighted by atomic mass is 10.0. The van der Waals surface area contributed by atoms with Crippen molar-refractivity contribution in [3.05, 3.63) is 71.8 Å². The van der Waals surface area contributed by atoms with Gasteiger partial charge in [0.25, 0.3) is 5.91 Å². The third-order valence-corrected chi connectivity index (χ3v) is 3.85. The number of benzene rings is 2. The van der Waals surface area contributed by atoms with Crippen molar-refractivity contribution in [3.8, 4) is 0 Å². The van der Waals surface area contributed by atoms with E-state index in [0.717, 1.165) is 5.56 Å². The SMILES string of the molecule is CCOC(=O)CN(C(=O)/C=C(\C)c1ccc(C(=O)O)cc1)c1ccccc1. The largest absolute Gasteiger partial charge is 0.478 e. The van der Waals surface area contributed by atoms with E-state index in [2.05, 4.69) is 0 Å². The maximum atomic E-state index is 12.8. The van der Waals surface area contributed by atoms with Gasteiger partial charge in [0.15, 0.2) is 0 Å². The van der Waals surface area contributed by atoms with Gasteiger partial charge in [-0.15, -0.1) is 0 Å². The molecule has 0 saturated carbocycles. The first-order valence-electron chi connectivity index (χ1n) is 8.46. The van der Waals surface area contributed by atoms with Crippen LogP contribution < -0.4 is 4.90 Å². The van der Waals surface area contributed by atoms with Crippen LogP contribution in [0, 0.1) is 0 Å². The van der Waals surface area contributed by atoms with Gasteiger partial charge in [0.05, 0.1) is 12.2 Å². The van der Waals surface area contributed by atoms with E-state index in [1.54, 1.807) is 50.2 Å². The van der Waals surface area contributed by atoms with Gasteiger partial charge in [0, 0.05) is 11.8 Å². The predicted molar refractivity (Wildman–Crippen MR) is 102 cm³/mol. The molecule has 0 aromatic heterocycles. The van der Waals surface area contributed by atoms with Gasteiger partial charge in [-0.1, -0.05) is 30.3 Å². The van der Waals surface area contributed by atoms with Crippen LogP contribution in [0.25, 0.3) is 5.57 Å². The average Bonchev–Trinajstić information content (AvgIpc) is 2.67. The number of ether oxygens (including phenoxy) is 1. The summed E-state index contributed by atoms with van der Waals surface area (Å²) in [4.78, 5) is 37.0. The zero-order chi connectivity index (χ0) is 19.8. The summed E-state index contributed by atoms with van der Waals surface area (Å²) in [6, 6.07) is 15.1. The Balaban J connectivity index is 2.26. The first-order valence-corrected chi connectivity index (χ1v) is 8.46. The maximum absolute atomic E-state index is 12.8. The van der Waals surface area contributed by atoms with E-state index in [1.807, 2.05) is 6.07 Å². The fourth-order valence-corrected chi connectivity index (χ4v) is 2.46. The number of rotatable bonds is 7. The fraction of sp³-hybridized carbons (Fsp3) is 0.190. The number of carbonyl (C=O) groups is 3. The number of para-hydroxylation sites is 1. The fourth-order valence-electron chi connectivity index (χ4n) is 2.46. The van der Waals surface area contributed by atoms with Gasteiger partial charge in [-0.2, -0.15) is 0 Å². The Morgan fingerprint density at radius 1 is 1.00 bits per heavy atom. The lowest BCUT2D eigenvalue weighted by Crippen LogP contribution is -2.35. The highest BCUT2D eigenvalue weighted by Crippen LogP contribution is 2.18. The van der Waals surface area contributed by atoms with Crippen molar-refractivity contribution in [2.45, 2.75) is 13.8 Å². The van der Waals surface area contributed by atoms with Gasteiger partial charge in [-0.05, 0) is 49.2 Å². The minimum atomic E-state index is -1.01. The van der Waals surface area contributed by atoms with Crippen molar-refractivity contribution in [3.63, 3.8) is 0 Å². The Morgan fingerprint density at radius 2 is 1.59 bits per heavy atom. The Kier molecular flexibility index (Phi) is 6.88. The second-order valence-electron chi connectivity index (χ2n) is 5.77. The summed E-state index contributed by atoms with van der Waals surface area (Å²) in [5.41, 5.74) is 2.13. The molecule has 0 spiro atoms. The molecule has 0 bridgehead atoms. The number of carboxylic acids is 1. The lowest BCUT2D eigenvalue weighted by Gasteiger charge is -2.20. The monoisotopic (exact) mass is 367 g/mol. The molecule has 0 fully saturated rings. The molecule has 0 radical (unpaired) electrons. The van der Waals surface area contributed by atoms with Crippen LogP contribution in [0.15, 0.2) is 60.7 Å². The van der Waals surface area contributed by atoms with Crippen molar-refractivity contribution >= 4 is 29.1 Å². The number of allylic oxidation sites excluding steroid dienone is 1. The molecule has 2 aromatic rings. The van der Waals surface area contributed by atoms with Crippen LogP contribution in [0.5, 0.6) is 0 Å². The average molecular weight is 367 g/mol. The van der Waals surface area contributed by atoms with E-state index >= 15 is 0 Å². The maximum Gasteiger partial charge on any atom is 0.335 e. The number of hydrogen-bond donors (Lipinski definition) is 1. The van der Waals surface area contributed by atoms with Gasteiger partial charge in [-0.3, -0.25) is 14.5 Å². The highest BCUT2D eigenvalue weighted by atomic mass is 16.5. The Morgan fingerprint density at radius 3 is 2.15 bits per heavy atom. The molecule has 0 saturated heterocycles. The van der Waals surface area contributed by atoms with E-state index in [0.29, 0.717) is 11.3 Å². The van der Waals surface area contributed by atoms with E-state index in [4.69, 9.17) is 9.84 Å². The van der Waals surface area contributed by atoms with Crippen molar-refractivity contribution < 1.29 is 24.2 Å². The highest BCUT2D eigenvalue weighted by Gasteiger charge is 2.18. The zero-order valence-corrected chi connectivity index (χ0v) is 15.2. The van der Waals surface area contributed by atoms with Gasteiger partial charge in [0.2, 0.25) is 0 Å². The number of aromatic carboxylic acids is 1. The van der Waals surface area contributed by atoms with E-state index in [9.17, 15) is 14.4 Å². The van der Waals surface area contributed by atoms with Gasteiger partial charge in [-0.25, -0.2) is 4.79 Å². The van der Waals surface area contributed by atoms with Crippen LogP contribution in [0.1, 0.15) is 29.8 Å². The Hall–Kier alpha value is -3.41. The summed E-state index contributed by atoms with van der Waals surface area (Å²) in [6.07, 6.45) is 1.42. The zero-order valence-electron chi connectivity index (χ0n) is 15.2. The molecule has 0 aliphatic heterocycles. The minimum Gasteiger partial charge on any atom is -0.478 e. The van der Waals surface area contributed by atoms with Crippen LogP contribution >= 0.6 is 0 Å². The molecule has 0 atom stereocenters. The normalized spacial score (nSPS) is 11.0. The molecule has 0 heterocycles. The Bertz CT molecular complexity index is 841. The van der Waals surface area contributed by atoms with E-state index in [-0.39, 0.29) is 24.6 Å². The predicted octanol–water partition coefficient (Wildman–Crippen LogP) is 3.38. The van der Waals surface area contributed by atoms with Crippen LogP contribution in [-0.4, -0.2) is 36.1 Å². The molecular weight excluding hydrogens is 346 g/mol. The van der Waals surface area contributed by atoms with Crippen molar-refractivity contribution in [2.24, 2.45) is 0 Å². The number of anilines is 1. The topological polar surface area (TPSA) is 83.9 Å². The quantitative estimate of drug-likeness (QED) is 0.599. The number of esters is 1. The van der Waals surface area contributed by atoms with Gasteiger partial charge < -0.3 is 9.84 Å². The van der Waals surface area contributed by atoms with Crippen LogP contribution in [-0.2, 0) is 14.3 Å². The van der Waals surface area contributed by atoms with Crippen LogP contribution in [0.4, 0.5) is 5.69 Å². The third-order valence-electron chi connectivity index (χ3n) is 3.85. The molecule has 6 nitrogen and oxygen atoms in total. The van der Waals surface area contributed by atoms with Crippen LogP contribution in [0.2, 0.25) is 0 Å². The van der Waals surface area contributed by atoms with E-state index in [1.165, 1.54) is 23.1 Å². The van der Waals surface area contributed by atoms with Crippen molar-refractivity contribution in [1.29, 1.82) is 0 Å². The smallest absolute Gasteiger partial charge is 0.335 e. The summed E-state index contributed by atoms with van der Waals surface area (Å²) in [6.45, 7) is 3.50. The second kappa shape index (κ2) is 9.33. The summed E-state index contributed by atoms with van der Waals surface area (Å²) in [5.74, 6) is -1.87. The Labute approximate surface area is 157 Å². The highest BCUT2D eigenvalue weighted by molar-refractivity contribution is 6.07. The number of amides is 1. The second-order valence-corrected chi connectivity index (χ2v) is 5.77. The number of hydrogen-bond acceptors (Lipinski definition) is 4. The molecule has 6 heteroatoms. The number of carboxylic acid groups (broad SMARTS) is 1. The van der Waals surface area contributed by atoms with Crippen molar-refractivity contribution in [1.82, 2.24) is 0 Å². The first-order chi connectivity index (χ1) is 12.9. The molecule has 0 aliphatic carbocycles. The van der Waals surface area contributed by atoms with Gasteiger partial charge >= 0.3 is 11.9 Å². The molecule has 1 N–H and O–H groups in total. The first kappa shape index (κ1) is 19.9. The minimum absolute atomic E-state index is 0.172. The molecule has 2 aromatic carbocycles. The lowest BCUT2D eigenvalue weighted by molar-refractivity contribution is -0.142. The third kappa shape index (κ3) is 5.54. The summed E-state index contributed by atoms with van der Waals surface area (Å²) < 4.78 is 4.96. The molecule has 1 amide bonds. The molecular formula is C21H21NO5. The molecule has 2 rings (SSSR count). The number of nitrogens with zero attached hydrogens (tertiary/aromatic N) is 1. The summed E-state index contributed by atoms with van der Waals surface area (Å²) in [7, 11) is 0. The standard InChI is InChI=1S/C21H21NO5/c1-3-27-20(24)14-22(18-7-5-4-6-8-18)19(23)13-15(2)16-9-11-17(12-10-16)21(25)26/h4-13H,3,14H2,1-2H3,(H,25,26)/b15-13+. The van der Waals surface area contributed by atoms with Gasteiger partial charge in [0.1, 0.15) is 6.54 Å². The summed E-state index contributed by atoms with van der Waals surface area (Å²) >= 11 is 0.